The number of carbonyl (C=O) groups is 1. The third-order valence-electron chi connectivity index (χ3n) is 8.94. The summed E-state index contributed by atoms with van der Waals surface area (Å²) in [5.41, 5.74) is 3.24. The maximum atomic E-state index is 13.1. The lowest BCUT2D eigenvalue weighted by Gasteiger charge is -2.54. The minimum atomic E-state index is -0.583. The highest BCUT2D eigenvalue weighted by molar-refractivity contribution is 7.99. The molecule has 162 valence electrons. The third-order valence-corrected chi connectivity index (χ3v) is 9.96. The van der Waals surface area contributed by atoms with Gasteiger partial charge >= 0.3 is 0 Å². The Bertz CT molecular complexity index is 715. The number of thioether (sulfide) groups is 1. The Kier molecular flexibility index (Phi) is 5.88. The van der Waals surface area contributed by atoms with Gasteiger partial charge in [0.05, 0.1) is 5.60 Å². The van der Waals surface area contributed by atoms with Crippen LogP contribution in [-0.2, 0) is 4.79 Å². The first-order chi connectivity index (χ1) is 13.7. The van der Waals surface area contributed by atoms with Gasteiger partial charge in [-0.15, -0.1) is 0 Å². The molecule has 4 aliphatic carbocycles. The van der Waals surface area contributed by atoms with Crippen LogP contribution in [0.15, 0.2) is 23.3 Å². The molecule has 1 N–H and O–H groups in total. The van der Waals surface area contributed by atoms with Crippen LogP contribution < -0.4 is 0 Å². The standard InChI is InChI=1S/C26H40O2S/c1-24(2,28)14-16-29-15-11-21-23(27)17-22-19-9-8-18-7-5-6-12-25(18,3)20(19)10-13-26(21,22)4/h8-9,20-22,28H,5-7,10-17H2,1-4H3/t20-,21-,22-,25-,26+/m0/s1. The molecule has 4 aliphatic rings. The topological polar surface area (TPSA) is 37.3 Å². The first-order valence-corrected chi connectivity index (χ1v) is 13.0. The molecular weight excluding hydrogens is 376 g/mol. The van der Waals surface area contributed by atoms with Crippen LogP contribution in [-0.4, -0.2) is 28.0 Å². The van der Waals surface area contributed by atoms with Crippen molar-refractivity contribution in [2.45, 2.75) is 91.1 Å². The Morgan fingerprint density at radius 1 is 1.14 bits per heavy atom. The minimum absolute atomic E-state index is 0.159. The van der Waals surface area contributed by atoms with Gasteiger partial charge in [-0.3, -0.25) is 4.79 Å². The lowest BCUT2D eigenvalue weighted by molar-refractivity contribution is -0.122. The van der Waals surface area contributed by atoms with Crippen molar-refractivity contribution in [3.63, 3.8) is 0 Å². The van der Waals surface area contributed by atoms with Gasteiger partial charge in [0, 0.05) is 12.3 Å². The Balaban J connectivity index is 1.46. The summed E-state index contributed by atoms with van der Waals surface area (Å²) in [4.78, 5) is 13.1. The minimum Gasteiger partial charge on any atom is -0.390 e. The summed E-state index contributed by atoms with van der Waals surface area (Å²) >= 11 is 1.91. The number of Topliss-reactive ketones (excluding diaryl/α,β-unsaturated/α-hetero) is 1. The second-order valence-electron chi connectivity index (χ2n) is 11.3. The van der Waals surface area contributed by atoms with E-state index >= 15 is 0 Å². The predicted octanol–water partition coefficient (Wildman–Crippen LogP) is 6.34. The first kappa shape index (κ1) is 21.7. The van der Waals surface area contributed by atoms with Crippen molar-refractivity contribution < 1.29 is 9.90 Å². The number of allylic oxidation sites excluding steroid dienone is 4. The van der Waals surface area contributed by atoms with Gasteiger partial charge in [-0.05, 0) is 93.0 Å². The normalized spacial score (nSPS) is 39.3. The summed E-state index contributed by atoms with van der Waals surface area (Å²) < 4.78 is 0. The lowest BCUT2D eigenvalue weighted by atomic mass is 9.50. The second-order valence-corrected chi connectivity index (χ2v) is 12.5. The molecule has 0 saturated heterocycles. The van der Waals surface area contributed by atoms with Crippen LogP contribution in [0.2, 0.25) is 0 Å². The Morgan fingerprint density at radius 2 is 1.93 bits per heavy atom. The van der Waals surface area contributed by atoms with Crippen LogP contribution in [0.5, 0.6) is 0 Å². The fraction of sp³-hybridized carbons (Fsp3) is 0.808. The van der Waals surface area contributed by atoms with E-state index in [0.29, 0.717) is 23.0 Å². The van der Waals surface area contributed by atoms with Gasteiger partial charge in [0.15, 0.2) is 0 Å². The van der Waals surface area contributed by atoms with Crippen molar-refractivity contribution in [2.75, 3.05) is 11.5 Å². The van der Waals surface area contributed by atoms with Crippen LogP contribution in [0.25, 0.3) is 0 Å². The Labute approximate surface area is 182 Å². The Morgan fingerprint density at radius 3 is 2.69 bits per heavy atom. The summed E-state index contributed by atoms with van der Waals surface area (Å²) in [7, 11) is 0. The third kappa shape index (κ3) is 3.91. The molecule has 3 saturated carbocycles. The van der Waals surface area contributed by atoms with Gasteiger partial charge in [0.2, 0.25) is 0 Å². The summed E-state index contributed by atoms with van der Waals surface area (Å²) in [6, 6.07) is 0. The summed E-state index contributed by atoms with van der Waals surface area (Å²) in [5, 5.41) is 9.90. The van der Waals surface area contributed by atoms with Crippen LogP contribution in [0.4, 0.5) is 0 Å². The van der Waals surface area contributed by atoms with Gasteiger partial charge in [-0.25, -0.2) is 0 Å². The average Bonchev–Trinajstić information content (AvgIpc) is 2.90. The fourth-order valence-electron chi connectivity index (χ4n) is 7.06. The van der Waals surface area contributed by atoms with Gasteiger partial charge < -0.3 is 5.11 Å². The van der Waals surface area contributed by atoms with E-state index in [9.17, 15) is 9.90 Å². The van der Waals surface area contributed by atoms with E-state index in [-0.39, 0.29) is 11.3 Å². The molecular formula is C26H40O2S. The molecule has 0 unspecified atom stereocenters. The number of ketones is 1. The molecule has 0 aromatic carbocycles. The zero-order valence-corrected chi connectivity index (χ0v) is 19.7. The molecule has 0 amide bonds. The van der Waals surface area contributed by atoms with Crippen LogP contribution in [0.1, 0.15) is 85.5 Å². The number of fused-ring (bicyclic) bond motifs is 5. The van der Waals surface area contributed by atoms with Crippen molar-refractivity contribution in [3.05, 3.63) is 23.3 Å². The molecule has 5 atom stereocenters. The predicted molar refractivity (Wildman–Crippen MR) is 123 cm³/mol. The van der Waals surface area contributed by atoms with Gasteiger partial charge in [-0.2, -0.15) is 11.8 Å². The zero-order chi connectivity index (χ0) is 20.9. The summed E-state index contributed by atoms with van der Waals surface area (Å²) in [6.45, 7) is 8.70. The lowest BCUT2D eigenvalue weighted by Crippen LogP contribution is -2.44. The van der Waals surface area contributed by atoms with Crippen LogP contribution in [0.3, 0.4) is 0 Å². The van der Waals surface area contributed by atoms with Crippen molar-refractivity contribution in [2.24, 2.45) is 28.6 Å². The molecule has 3 fully saturated rings. The van der Waals surface area contributed by atoms with E-state index in [1.165, 1.54) is 38.5 Å². The highest BCUT2D eigenvalue weighted by atomic mass is 32.2. The number of carbonyl (C=O) groups excluding carboxylic acids is 1. The molecule has 0 heterocycles. The quantitative estimate of drug-likeness (QED) is 0.513. The maximum Gasteiger partial charge on any atom is 0.137 e. The van der Waals surface area contributed by atoms with E-state index in [1.807, 2.05) is 25.6 Å². The largest absolute Gasteiger partial charge is 0.390 e. The van der Waals surface area contributed by atoms with Crippen LogP contribution >= 0.6 is 11.8 Å². The highest BCUT2D eigenvalue weighted by Crippen LogP contribution is 2.64. The van der Waals surface area contributed by atoms with Crippen LogP contribution in [0, 0.1) is 28.6 Å². The molecule has 0 aromatic rings. The maximum absolute atomic E-state index is 13.1. The highest BCUT2D eigenvalue weighted by Gasteiger charge is 2.58. The smallest absolute Gasteiger partial charge is 0.137 e. The van der Waals surface area contributed by atoms with E-state index in [1.54, 1.807) is 11.1 Å². The molecule has 4 rings (SSSR count). The van der Waals surface area contributed by atoms with E-state index in [4.69, 9.17) is 0 Å². The molecule has 0 radical (unpaired) electrons. The molecule has 3 heteroatoms. The van der Waals surface area contributed by atoms with Crippen molar-refractivity contribution in [3.8, 4) is 0 Å². The molecule has 2 nitrogen and oxygen atoms in total. The second kappa shape index (κ2) is 7.86. The molecule has 0 spiro atoms. The first-order valence-electron chi connectivity index (χ1n) is 11.9. The fourth-order valence-corrected chi connectivity index (χ4v) is 8.31. The zero-order valence-electron chi connectivity index (χ0n) is 18.9. The van der Waals surface area contributed by atoms with Crippen molar-refractivity contribution in [1.29, 1.82) is 0 Å². The van der Waals surface area contributed by atoms with Gasteiger partial charge in [0.1, 0.15) is 5.78 Å². The average molecular weight is 417 g/mol. The number of rotatable bonds is 6. The van der Waals surface area contributed by atoms with Crippen molar-refractivity contribution in [1.82, 2.24) is 0 Å². The summed E-state index contributed by atoms with van der Waals surface area (Å²) in [5.74, 6) is 3.91. The molecule has 0 aromatic heterocycles. The van der Waals surface area contributed by atoms with E-state index in [0.717, 1.165) is 30.8 Å². The molecule has 0 aliphatic heterocycles. The number of hydrogen-bond donors (Lipinski definition) is 1. The van der Waals surface area contributed by atoms with Gasteiger partial charge in [-0.1, -0.05) is 43.6 Å². The number of aliphatic hydroxyl groups is 1. The molecule has 29 heavy (non-hydrogen) atoms. The van der Waals surface area contributed by atoms with E-state index < -0.39 is 5.60 Å². The Hall–Kier alpha value is -0.540. The monoisotopic (exact) mass is 416 g/mol. The SMILES string of the molecule is CC(C)(O)CCSCC[C@H]1C(=O)C[C@H]2C3=CC=C4CCCC[C@]4(C)[C@H]3CC[C@]12C. The number of hydrogen-bond acceptors (Lipinski definition) is 3. The summed E-state index contributed by atoms with van der Waals surface area (Å²) in [6.07, 6.45) is 15.3. The van der Waals surface area contributed by atoms with Gasteiger partial charge in [0.25, 0.3) is 0 Å². The van der Waals surface area contributed by atoms with Crippen molar-refractivity contribution >= 4 is 17.5 Å². The van der Waals surface area contributed by atoms with E-state index in [2.05, 4.69) is 26.0 Å². The molecule has 0 bridgehead atoms.